The maximum atomic E-state index is 12.4. The van der Waals surface area contributed by atoms with E-state index >= 15 is 0 Å². The molecule has 2 rings (SSSR count). The highest BCUT2D eigenvalue weighted by Gasteiger charge is 2.15. The lowest BCUT2D eigenvalue weighted by molar-refractivity contribution is -0.113. The van der Waals surface area contributed by atoms with E-state index in [0.29, 0.717) is 0 Å². The second-order valence-electron chi connectivity index (χ2n) is 5.42. The van der Waals surface area contributed by atoms with Gasteiger partial charge < -0.3 is 20.3 Å². The lowest BCUT2D eigenvalue weighted by Gasteiger charge is -2.07. The van der Waals surface area contributed by atoms with E-state index in [1.165, 1.54) is 56.5 Å². The SMILES string of the molecule is COc1cc(N=O)ccc1N=NC(C(=O)Nc1cccc(C(=O)O)c1)=C(C)O. The maximum Gasteiger partial charge on any atom is 0.335 e. The molecule has 0 saturated carbocycles. The van der Waals surface area contributed by atoms with Gasteiger partial charge in [0.1, 0.15) is 22.9 Å². The van der Waals surface area contributed by atoms with Gasteiger partial charge in [-0.1, -0.05) is 6.07 Å². The van der Waals surface area contributed by atoms with Gasteiger partial charge in [0.05, 0.1) is 12.7 Å². The average Bonchev–Trinajstić information content (AvgIpc) is 2.68. The Kier molecular flexibility index (Phi) is 6.53. The van der Waals surface area contributed by atoms with E-state index in [-0.39, 0.29) is 34.1 Å². The molecule has 0 aliphatic heterocycles. The molecule has 10 heteroatoms. The van der Waals surface area contributed by atoms with Crippen LogP contribution in [0.4, 0.5) is 17.1 Å². The van der Waals surface area contributed by atoms with Gasteiger partial charge in [-0.3, -0.25) is 4.79 Å². The smallest absolute Gasteiger partial charge is 0.335 e. The van der Waals surface area contributed by atoms with Gasteiger partial charge >= 0.3 is 5.97 Å². The average molecular weight is 384 g/mol. The van der Waals surface area contributed by atoms with Gasteiger partial charge in [-0.05, 0) is 42.4 Å². The molecule has 0 fully saturated rings. The topological polar surface area (TPSA) is 150 Å². The third-order valence-electron chi connectivity index (χ3n) is 3.45. The number of methoxy groups -OCH3 is 1. The molecular weight excluding hydrogens is 368 g/mol. The number of nitrogens with one attached hydrogen (secondary N) is 1. The molecule has 0 unspecified atom stereocenters. The van der Waals surface area contributed by atoms with Crippen LogP contribution in [0.5, 0.6) is 5.75 Å². The molecule has 144 valence electrons. The van der Waals surface area contributed by atoms with E-state index in [0.717, 1.165) is 0 Å². The summed E-state index contributed by atoms with van der Waals surface area (Å²) in [6.45, 7) is 1.25. The van der Waals surface area contributed by atoms with E-state index in [1.807, 2.05) is 0 Å². The van der Waals surface area contributed by atoms with Crippen LogP contribution in [0.15, 0.2) is 69.3 Å². The normalized spacial score (nSPS) is 11.6. The van der Waals surface area contributed by atoms with Crippen LogP contribution >= 0.6 is 0 Å². The molecule has 0 saturated heterocycles. The fourth-order valence-corrected chi connectivity index (χ4v) is 2.11. The third kappa shape index (κ3) is 4.97. The highest BCUT2D eigenvalue weighted by atomic mass is 16.5. The Morgan fingerprint density at radius 1 is 1.11 bits per heavy atom. The number of allylic oxidation sites excluding steroid dienone is 1. The van der Waals surface area contributed by atoms with Gasteiger partial charge in [0.15, 0.2) is 5.70 Å². The molecule has 3 N–H and O–H groups in total. The van der Waals surface area contributed by atoms with Crippen molar-refractivity contribution in [1.29, 1.82) is 0 Å². The van der Waals surface area contributed by atoms with Gasteiger partial charge in [-0.15, -0.1) is 15.1 Å². The Morgan fingerprint density at radius 3 is 2.46 bits per heavy atom. The lowest BCUT2D eigenvalue weighted by atomic mass is 10.2. The van der Waals surface area contributed by atoms with E-state index in [4.69, 9.17) is 9.84 Å². The molecule has 0 atom stereocenters. The summed E-state index contributed by atoms with van der Waals surface area (Å²) in [5.74, 6) is -2.15. The fourth-order valence-electron chi connectivity index (χ4n) is 2.11. The van der Waals surface area contributed by atoms with Crippen molar-refractivity contribution in [2.24, 2.45) is 15.4 Å². The Labute approximate surface area is 159 Å². The largest absolute Gasteiger partial charge is 0.510 e. The van der Waals surface area contributed by atoms with Crippen LogP contribution in [0.25, 0.3) is 0 Å². The first-order chi connectivity index (χ1) is 13.3. The van der Waals surface area contributed by atoms with Gasteiger partial charge in [0.2, 0.25) is 0 Å². The Bertz CT molecular complexity index is 980. The second-order valence-corrected chi connectivity index (χ2v) is 5.42. The van der Waals surface area contributed by atoms with Crippen molar-refractivity contribution in [3.8, 4) is 5.75 Å². The quantitative estimate of drug-likeness (QED) is 0.280. The number of ether oxygens (including phenoxy) is 1. The minimum absolute atomic E-state index is 0.0145. The summed E-state index contributed by atoms with van der Waals surface area (Å²) >= 11 is 0. The monoisotopic (exact) mass is 384 g/mol. The van der Waals surface area contributed by atoms with Crippen molar-refractivity contribution in [3.05, 3.63) is 64.4 Å². The number of carboxylic acids is 1. The first kappa shape index (κ1) is 20.2. The molecule has 0 heterocycles. The zero-order chi connectivity index (χ0) is 20.7. The standard InChI is InChI=1S/C18H16N4O6/c1-10(23)16(17(24)19-12-5-3-4-11(8-12)18(25)26)21-20-14-7-6-13(22-27)9-15(14)28-2/h3-9,23H,1-2H3,(H,19,24)(H,25,26). The van der Waals surface area contributed by atoms with Crippen LogP contribution in [0.2, 0.25) is 0 Å². The summed E-state index contributed by atoms with van der Waals surface area (Å²) in [5, 5.41) is 31.6. The van der Waals surface area contributed by atoms with Crippen LogP contribution in [0.3, 0.4) is 0 Å². The molecule has 2 aromatic carbocycles. The van der Waals surface area contributed by atoms with E-state index in [9.17, 15) is 19.6 Å². The van der Waals surface area contributed by atoms with Crippen molar-refractivity contribution in [1.82, 2.24) is 0 Å². The van der Waals surface area contributed by atoms with E-state index in [2.05, 4.69) is 20.7 Å². The summed E-state index contributed by atoms with van der Waals surface area (Å²) in [6.07, 6.45) is 0. The molecule has 28 heavy (non-hydrogen) atoms. The third-order valence-corrected chi connectivity index (χ3v) is 3.45. The molecule has 0 aromatic heterocycles. The lowest BCUT2D eigenvalue weighted by Crippen LogP contribution is -2.15. The van der Waals surface area contributed by atoms with Gasteiger partial charge in [0, 0.05) is 11.8 Å². The number of hydrogen-bond acceptors (Lipinski definition) is 8. The Balaban J connectivity index is 2.27. The number of nitrogens with zero attached hydrogens (tertiary/aromatic N) is 3. The van der Waals surface area contributed by atoms with Gasteiger partial charge in [-0.25, -0.2) is 4.79 Å². The van der Waals surface area contributed by atoms with E-state index < -0.39 is 17.6 Å². The number of amides is 1. The number of nitroso groups, excluding NO2 is 1. The van der Waals surface area contributed by atoms with Gasteiger partial charge in [0.25, 0.3) is 5.91 Å². The molecule has 0 aliphatic rings. The number of aliphatic hydroxyl groups is 1. The zero-order valence-electron chi connectivity index (χ0n) is 14.9. The van der Waals surface area contributed by atoms with Crippen molar-refractivity contribution < 1.29 is 24.5 Å². The molecule has 0 bridgehead atoms. The number of carbonyl (C=O) groups excluding carboxylic acids is 1. The van der Waals surface area contributed by atoms with Crippen LogP contribution in [-0.2, 0) is 4.79 Å². The number of rotatable bonds is 7. The van der Waals surface area contributed by atoms with Crippen LogP contribution in [-0.4, -0.2) is 29.2 Å². The number of hydrogen-bond donors (Lipinski definition) is 3. The Hall–Kier alpha value is -4.08. The van der Waals surface area contributed by atoms with Crippen molar-refractivity contribution in [2.45, 2.75) is 6.92 Å². The van der Waals surface area contributed by atoms with Crippen molar-refractivity contribution in [2.75, 3.05) is 12.4 Å². The van der Waals surface area contributed by atoms with Crippen LogP contribution in [0.1, 0.15) is 17.3 Å². The first-order valence-electron chi connectivity index (χ1n) is 7.83. The summed E-state index contributed by atoms with van der Waals surface area (Å²) in [6, 6.07) is 9.72. The second kappa shape index (κ2) is 9.03. The Morgan fingerprint density at radius 2 is 1.86 bits per heavy atom. The van der Waals surface area contributed by atoms with Gasteiger partial charge in [-0.2, -0.15) is 0 Å². The predicted molar refractivity (Wildman–Crippen MR) is 100 cm³/mol. The summed E-state index contributed by atoms with van der Waals surface area (Å²) in [4.78, 5) is 34.0. The number of anilines is 1. The predicted octanol–water partition coefficient (Wildman–Crippen LogP) is 4.30. The summed E-state index contributed by atoms with van der Waals surface area (Å²) in [5.41, 5.74) is 0.132. The molecule has 0 aliphatic carbocycles. The molecular formula is C18H16N4O6. The number of aliphatic hydroxyl groups excluding tert-OH is 1. The van der Waals surface area contributed by atoms with Crippen molar-refractivity contribution >= 4 is 28.9 Å². The van der Waals surface area contributed by atoms with Crippen molar-refractivity contribution in [3.63, 3.8) is 0 Å². The molecule has 10 nitrogen and oxygen atoms in total. The molecule has 0 spiro atoms. The minimum Gasteiger partial charge on any atom is -0.510 e. The molecule has 2 aromatic rings. The maximum absolute atomic E-state index is 12.4. The van der Waals surface area contributed by atoms with Crippen LogP contribution < -0.4 is 10.1 Å². The highest BCUT2D eigenvalue weighted by Crippen LogP contribution is 2.32. The van der Waals surface area contributed by atoms with Crippen LogP contribution in [0, 0.1) is 4.91 Å². The molecule has 1 amide bonds. The number of azo groups is 1. The zero-order valence-corrected chi connectivity index (χ0v) is 14.9. The summed E-state index contributed by atoms with van der Waals surface area (Å²) < 4.78 is 5.08. The van der Waals surface area contributed by atoms with E-state index in [1.54, 1.807) is 0 Å². The number of carbonyl (C=O) groups is 2. The highest BCUT2D eigenvalue weighted by molar-refractivity contribution is 6.04. The summed E-state index contributed by atoms with van der Waals surface area (Å²) in [7, 11) is 1.36. The number of aromatic carboxylic acids is 1. The molecule has 0 radical (unpaired) electrons. The number of benzene rings is 2. The fraction of sp³-hybridized carbons (Fsp3) is 0.111. The number of carboxylic acid groups (broad SMARTS) is 1. The minimum atomic E-state index is -1.15. The first-order valence-corrected chi connectivity index (χ1v) is 7.83.